The van der Waals surface area contributed by atoms with Gasteiger partial charge in [-0.3, -0.25) is 9.59 Å². The average Bonchev–Trinajstić information content (AvgIpc) is 2.59. The number of nitrogens with one attached hydrogen (secondary N) is 2. The summed E-state index contributed by atoms with van der Waals surface area (Å²) in [6.07, 6.45) is 0.890. The van der Waals surface area contributed by atoms with Crippen molar-refractivity contribution in [2.45, 2.75) is 32.1 Å². The number of aliphatic hydroxyl groups is 1. The fourth-order valence-electron chi connectivity index (χ4n) is 2.34. The minimum atomic E-state index is -0.221. The second kappa shape index (κ2) is 8.84. The van der Waals surface area contributed by atoms with Gasteiger partial charge in [0.1, 0.15) is 5.82 Å². The van der Waals surface area contributed by atoms with Gasteiger partial charge >= 0.3 is 0 Å². The number of carbonyl (C=O) groups excluding carboxylic acids is 1. The summed E-state index contributed by atoms with van der Waals surface area (Å²) in [5.41, 5.74) is 0.483. The molecule has 1 heterocycles. The number of hydrogen-bond acceptors (Lipinski definition) is 5. The van der Waals surface area contributed by atoms with Crippen molar-refractivity contribution in [2.24, 2.45) is 5.92 Å². The smallest absolute Gasteiger partial charge is 0.258 e. The monoisotopic (exact) mass is 349 g/mol. The van der Waals surface area contributed by atoms with E-state index in [4.69, 9.17) is 0 Å². The van der Waals surface area contributed by atoms with Gasteiger partial charge in [-0.2, -0.15) is 0 Å². The van der Waals surface area contributed by atoms with Crippen LogP contribution >= 0.6 is 11.8 Å². The van der Waals surface area contributed by atoms with Crippen molar-refractivity contribution in [1.82, 2.24) is 15.3 Å². The van der Waals surface area contributed by atoms with Gasteiger partial charge < -0.3 is 15.4 Å². The van der Waals surface area contributed by atoms with Crippen LogP contribution in [0, 0.1) is 5.92 Å². The maximum absolute atomic E-state index is 12.0. The highest BCUT2D eigenvalue weighted by molar-refractivity contribution is 7.99. The fraction of sp³-hybridized carbons (Fsp3) is 0.471. The molecule has 2 rings (SSSR count). The molecule has 130 valence electrons. The van der Waals surface area contributed by atoms with Gasteiger partial charge in [-0.15, -0.1) is 11.8 Å². The van der Waals surface area contributed by atoms with E-state index in [0.29, 0.717) is 22.5 Å². The summed E-state index contributed by atoms with van der Waals surface area (Å²) in [6.45, 7) is 3.96. The van der Waals surface area contributed by atoms with E-state index in [1.807, 2.05) is 19.9 Å². The number of carbonyl (C=O) groups is 1. The zero-order chi connectivity index (χ0) is 17.5. The number of H-pyrrole nitrogens is 1. The molecule has 0 aliphatic heterocycles. The third kappa shape index (κ3) is 4.82. The summed E-state index contributed by atoms with van der Waals surface area (Å²) in [5.74, 6) is 1.35. The number of aliphatic hydroxyl groups excluding tert-OH is 1. The van der Waals surface area contributed by atoms with E-state index in [0.717, 1.165) is 6.42 Å². The van der Waals surface area contributed by atoms with Gasteiger partial charge in [-0.1, -0.05) is 32.4 Å². The lowest BCUT2D eigenvalue weighted by Gasteiger charge is -2.21. The van der Waals surface area contributed by atoms with Crippen LogP contribution in [0.3, 0.4) is 0 Å². The summed E-state index contributed by atoms with van der Waals surface area (Å²) >= 11 is 1.38. The number of hydrogen-bond donors (Lipinski definition) is 3. The van der Waals surface area contributed by atoms with E-state index in [1.165, 1.54) is 11.8 Å². The van der Waals surface area contributed by atoms with Crippen molar-refractivity contribution in [3.05, 3.63) is 40.4 Å². The third-order valence-electron chi connectivity index (χ3n) is 4.01. The van der Waals surface area contributed by atoms with Crippen molar-refractivity contribution in [2.75, 3.05) is 12.4 Å². The summed E-state index contributed by atoms with van der Waals surface area (Å²) in [5, 5.41) is 12.7. The Bertz CT molecular complexity index is 747. The molecule has 0 aliphatic rings. The molecule has 0 bridgehead atoms. The minimum absolute atomic E-state index is 0.0645. The highest BCUT2D eigenvalue weighted by Crippen LogP contribution is 2.12. The number of nitrogens with zero attached hydrogens (tertiary/aromatic N) is 1. The van der Waals surface area contributed by atoms with Crippen LogP contribution in [0.15, 0.2) is 29.1 Å². The van der Waals surface area contributed by atoms with Gasteiger partial charge in [0.2, 0.25) is 5.91 Å². The number of benzene rings is 1. The maximum atomic E-state index is 12.0. The zero-order valence-electron chi connectivity index (χ0n) is 13.9. The van der Waals surface area contributed by atoms with Crippen LogP contribution in [0.25, 0.3) is 10.9 Å². The number of aromatic nitrogens is 2. The van der Waals surface area contributed by atoms with Crippen molar-refractivity contribution < 1.29 is 9.90 Å². The second-order valence-corrected chi connectivity index (χ2v) is 6.75. The van der Waals surface area contributed by atoms with E-state index >= 15 is 0 Å². The molecule has 1 unspecified atom stereocenters. The lowest BCUT2D eigenvalue weighted by molar-refractivity contribution is -0.119. The van der Waals surface area contributed by atoms with Crippen LogP contribution in [-0.2, 0) is 10.5 Å². The first-order valence-electron chi connectivity index (χ1n) is 8.01. The van der Waals surface area contributed by atoms with Crippen molar-refractivity contribution >= 4 is 28.6 Å². The minimum Gasteiger partial charge on any atom is -0.394 e. The zero-order valence-corrected chi connectivity index (χ0v) is 14.7. The number of amides is 1. The van der Waals surface area contributed by atoms with E-state index in [2.05, 4.69) is 15.3 Å². The predicted octanol–water partition coefficient (Wildman–Crippen LogP) is 1.68. The molecule has 0 saturated heterocycles. The first kappa shape index (κ1) is 18.5. The van der Waals surface area contributed by atoms with Crippen LogP contribution in [0.4, 0.5) is 0 Å². The summed E-state index contributed by atoms with van der Waals surface area (Å²) in [7, 11) is 0. The van der Waals surface area contributed by atoms with Crippen molar-refractivity contribution in [3.8, 4) is 0 Å². The molecule has 2 aromatic rings. The number of para-hydroxylation sites is 1. The lowest BCUT2D eigenvalue weighted by Crippen LogP contribution is -2.42. The Hall–Kier alpha value is -1.86. The van der Waals surface area contributed by atoms with E-state index in [1.54, 1.807) is 18.2 Å². The topological polar surface area (TPSA) is 95.1 Å². The Morgan fingerprint density at radius 3 is 2.88 bits per heavy atom. The van der Waals surface area contributed by atoms with Crippen LogP contribution < -0.4 is 10.9 Å². The molecule has 3 N–H and O–H groups in total. The first-order valence-corrected chi connectivity index (χ1v) is 9.16. The number of fused-ring (bicyclic) bond motifs is 1. The number of thioether (sulfide) groups is 1. The normalized spacial score (nSPS) is 13.6. The largest absolute Gasteiger partial charge is 0.394 e. The molecule has 0 aliphatic carbocycles. The highest BCUT2D eigenvalue weighted by Gasteiger charge is 2.17. The molecular formula is C17H23N3O3S. The summed E-state index contributed by atoms with van der Waals surface area (Å²) in [4.78, 5) is 31.1. The van der Waals surface area contributed by atoms with Gasteiger partial charge in [0.05, 0.1) is 35.1 Å². The van der Waals surface area contributed by atoms with E-state index in [-0.39, 0.29) is 35.8 Å². The van der Waals surface area contributed by atoms with Crippen LogP contribution in [0.2, 0.25) is 0 Å². The Morgan fingerprint density at radius 2 is 2.17 bits per heavy atom. The third-order valence-corrected chi connectivity index (χ3v) is 4.95. The SMILES string of the molecule is CCC(C)[C@H](CO)NC(=O)CSCc1nc2ccccc2c(=O)[nH]1. The first-order chi connectivity index (χ1) is 11.5. The van der Waals surface area contributed by atoms with Gasteiger partial charge in [-0.05, 0) is 18.1 Å². The van der Waals surface area contributed by atoms with Crippen molar-refractivity contribution in [1.29, 1.82) is 0 Å². The van der Waals surface area contributed by atoms with Gasteiger partial charge in [0, 0.05) is 0 Å². The fourth-order valence-corrected chi connectivity index (χ4v) is 3.05. The molecule has 24 heavy (non-hydrogen) atoms. The molecule has 1 amide bonds. The van der Waals surface area contributed by atoms with Crippen LogP contribution in [0.5, 0.6) is 0 Å². The molecular weight excluding hydrogens is 326 g/mol. The molecule has 1 aromatic carbocycles. The quantitative estimate of drug-likeness (QED) is 0.674. The molecule has 7 heteroatoms. The van der Waals surface area contributed by atoms with Gasteiger partial charge in [0.15, 0.2) is 0 Å². The molecule has 0 spiro atoms. The molecule has 0 radical (unpaired) electrons. The van der Waals surface area contributed by atoms with E-state index < -0.39 is 0 Å². The van der Waals surface area contributed by atoms with Crippen LogP contribution in [-0.4, -0.2) is 39.4 Å². The lowest BCUT2D eigenvalue weighted by atomic mass is 10.00. The summed E-state index contributed by atoms with van der Waals surface area (Å²) in [6, 6.07) is 6.94. The van der Waals surface area contributed by atoms with Crippen LogP contribution in [0.1, 0.15) is 26.1 Å². The van der Waals surface area contributed by atoms with Crippen molar-refractivity contribution in [3.63, 3.8) is 0 Å². The molecule has 1 aromatic heterocycles. The van der Waals surface area contributed by atoms with Gasteiger partial charge in [-0.25, -0.2) is 4.98 Å². The number of aromatic amines is 1. The molecule has 6 nitrogen and oxygen atoms in total. The Labute approximate surface area is 145 Å². The van der Waals surface area contributed by atoms with Gasteiger partial charge in [0.25, 0.3) is 5.56 Å². The Morgan fingerprint density at radius 1 is 1.42 bits per heavy atom. The maximum Gasteiger partial charge on any atom is 0.258 e. The standard InChI is InChI=1S/C17H23N3O3S/c1-3-11(2)14(8-21)19-16(22)10-24-9-15-18-13-7-5-4-6-12(13)17(23)20-15/h4-7,11,14,21H,3,8-10H2,1-2H3,(H,19,22)(H,18,20,23)/t11?,14-/m0/s1. The number of rotatable bonds is 8. The summed E-state index contributed by atoms with van der Waals surface area (Å²) < 4.78 is 0. The molecule has 0 fully saturated rings. The second-order valence-electron chi connectivity index (χ2n) is 5.76. The molecule has 0 saturated carbocycles. The Balaban J connectivity index is 1.90. The average molecular weight is 349 g/mol. The molecule has 2 atom stereocenters. The highest BCUT2D eigenvalue weighted by atomic mass is 32.2. The Kier molecular flexibility index (Phi) is 6.81. The van der Waals surface area contributed by atoms with E-state index in [9.17, 15) is 14.7 Å². The predicted molar refractivity (Wildman–Crippen MR) is 97.0 cm³/mol.